The van der Waals surface area contributed by atoms with Gasteiger partial charge in [0.25, 0.3) is 0 Å². The molecule has 0 radical (unpaired) electrons. The third-order valence-electron chi connectivity index (χ3n) is 8.20. The molecule has 5 rings (SSSR count). The Kier molecular flexibility index (Phi) is 4.91. The number of benzene rings is 2. The van der Waals surface area contributed by atoms with Gasteiger partial charge >= 0.3 is 0 Å². The fraction of sp³-hybridized carbons (Fsp3) is 0.481. The summed E-state index contributed by atoms with van der Waals surface area (Å²) in [6.07, 6.45) is 6.01. The maximum Gasteiger partial charge on any atom is 0.227 e. The van der Waals surface area contributed by atoms with Crippen LogP contribution in [0.25, 0.3) is 0 Å². The molecule has 2 unspecified atom stereocenters. The number of ether oxygens (including phenoxy) is 1. The minimum atomic E-state index is 0.0536. The smallest absolute Gasteiger partial charge is 0.227 e. The van der Waals surface area contributed by atoms with Crippen LogP contribution in [-0.2, 0) is 11.2 Å². The van der Waals surface area contributed by atoms with E-state index in [0.717, 1.165) is 61.1 Å². The van der Waals surface area contributed by atoms with Crippen molar-refractivity contribution in [2.45, 2.75) is 52.4 Å². The fourth-order valence-electron chi connectivity index (χ4n) is 6.16. The quantitative estimate of drug-likeness (QED) is 0.714. The van der Waals surface area contributed by atoms with Crippen molar-refractivity contribution in [1.29, 1.82) is 0 Å². The number of rotatable bonds is 4. The molecule has 1 amide bonds. The number of aryl methyl sites for hydroxylation is 2. The molecule has 2 saturated carbocycles. The van der Waals surface area contributed by atoms with Crippen molar-refractivity contribution in [3.05, 3.63) is 58.7 Å². The molecule has 1 N–H and O–H groups in total. The maximum absolute atomic E-state index is 13.0. The van der Waals surface area contributed by atoms with Gasteiger partial charge in [0.15, 0.2) is 5.78 Å². The molecule has 0 bridgehead atoms. The first-order valence-electron chi connectivity index (χ1n) is 11.5. The molecule has 4 heteroatoms. The highest BCUT2D eigenvalue weighted by atomic mass is 16.5. The second kappa shape index (κ2) is 7.51. The highest BCUT2D eigenvalue weighted by Crippen LogP contribution is 2.66. The van der Waals surface area contributed by atoms with Gasteiger partial charge in [0.05, 0.1) is 7.11 Å². The normalized spacial score (nSPS) is 29.0. The SMILES string of the molecule is COc1cc(NC(=O)C2CCC3(CC2)CC3C2Cc3c(C)cccc3C2=O)ccc1C. The minimum absolute atomic E-state index is 0.0536. The number of hydrogen-bond donors (Lipinski definition) is 1. The Balaban J connectivity index is 1.19. The highest BCUT2D eigenvalue weighted by Gasteiger charge is 2.60. The minimum Gasteiger partial charge on any atom is -0.496 e. The second-order valence-electron chi connectivity index (χ2n) is 9.90. The second-order valence-corrected chi connectivity index (χ2v) is 9.90. The van der Waals surface area contributed by atoms with Gasteiger partial charge in [-0.15, -0.1) is 0 Å². The van der Waals surface area contributed by atoms with Crippen LogP contribution < -0.4 is 10.1 Å². The monoisotopic (exact) mass is 417 g/mol. The van der Waals surface area contributed by atoms with Crippen molar-refractivity contribution in [2.24, 2.45) is 23.2 Å². The molecule has 0 aromatic heterocycles. The molecule has 0 aliphatic heterocycles. The predicted molar refractivity (Wildman–Crippen MR) is 122 cm³/mol. The van der Waals surface area contributed by atoms with Crippen LogP contribution >= 0.6 is 0 Å². The number of anilines is 1. The average molecular weight is 418 g/mol. The summed E-state index contributed by atoms with van der Waals surface area (Å²) in [6, 6.07) is 11.9. The summed E-state index contributed by atoms with van der Waals surface area (Å²) < 4.78 is 5.37. The first-order valence-corrected chi connectivity index (χ1v) is 11.5. The van der Waals surface area contributed by atoms with Gasteiger partial charge in [-0.3, -0.25) is 9.59 Å². The zero-order chi connectivity index (χ0) is 21.8. The van der Waals surface area contributed by atoms with Gasteiger partial charge in [-0.25, -0.2) is 0 Å². The van der Waals surface area contributed by atoms with Crippen molar-refractivity contribution in [2.75, 3.05) is 12.4 Å². The number of fused-ring (bicyclic) bond motifs is 1. The summed E-state index contributed by atoms with van der Waals surface area (Å²) in [6.45, 7) is 4.11. The zero-order valence-corrected chi connectivity index (χ0v) is 18.7. The topological polar surface area (TPSA) is 55.4 Å². The number of carbonyl (C=O) groups excluding carboxylic acids is 2. The van der Waals surface area contributed by atoms with Gasteiger partial charge in [-0.2, -0.15) is 0 Å². The lowest BCUT2D eigenvalue weighted by atomic mass is 9.76. The molecular weight excluding hydrogens is 386 g/mol. The van der Waals surface area contributed by atoms with E-state index in [9.17, 15) is 9.59 Å². The number of nitrogens with one attached hydrogen (secondary N) is 1. The van der Waals surface area contributed by atoms with E-state index in [-0.39, 0.29) is 17.7 Å². The summed E-state index contributed by atoms with van der Waals surface area (Å²) in [5.74, 6) is 1.96. The van der Waals surface area contributed by atoms with Crippen molar-refractivity contribution in [1.82, 2.24) is 0 Å². The molecule has 2 aromatic carbocycles. The van der Waals surface area contributed by atoms with E-state index >= 15 is 0 Å². The Labute approximate surface area is 184 Å². The van der Waals surface area contributed by atoms with Crippen LogP contribution in [0.4, 0.5) is 5.69 Å². The van der Waals surface area contributed by atoms with E-state index in [1.165, 1.54) is 11.1 Å². The summed E-state index contributed by atoms with van der Waals surface area (Å²) in [5.41, 5.74) is 5.60. The van der Waals surface area contributed by atoms with E-state index in [4.69, 9.17) is 4.74 Å². The van der Waals surface area contributed by atoms with E-state index < -0.39 is 0 Å². The standard InChI is InChI=1S/C27H31NO3/c1-16-5-4-6-20-21(16)14-22(25(20)29)23-15-27(23)11-9-18(10-12-27)26(30)28-19-8-7-17(2)24(13-19)31-3/h4-8,13,18,22-23H,9-12,14-15H2,1-3H3,(H,28,30). The lowest BCUT2D eigenvalue weighted by molar-refractivity contribution is -0.121. The third-order valence-corrected chi connectivity index (χ3v) is 8.20. The van der Waals surface area contributed by atoms with Gasteiger partial charge in [-0.05, 0) is 86.5 Å². The van der Waals surface area contributed by atoms with Crippen LogP contribution in [0.1, 0.15) is 59.2 Å². The van der Waals surface area contributed by atoms with Crippen molar-refractivity contribution < 1.29 is 14.3 Å². The molecule has 0 heterocycles. The molecule has 3 aliphatic carbocycles. The summed E-state index contributed by atoms with van der Waals surface area (Å²) >= 11 is 0. The molecule has 2 atom stereocenters. The summed E-state index contributed by atoms with van der Waals surface area (Å²) in [7, 11) is 1.65. The van der Waals surface area contributed by atoms with Crippen LogP contribution in [0.3, 0.4) is 0 Å². The van der Waals surface area contributed by atoms with E-state index in [1.54, 1.807) is 7.11 Å². The van der Waals surface area contributed by atoms with E-state index in [0.29, 0.717) is 17.1 Å². The number of amides is 1. The van der Waals surface area contributed by atoms with Gasteiger partial charge in [-0.1, -0.05) is 24.3 Å². The number of hydrogen-bond acceptors (Lipinski definition) is 3. The van der Waals surface area contributed by atoms with Gasteiger partial charge in [0.2, 0.25) is 5.91 Å². The molecule has 31 heavy (non-hydrogen) atoms. The molecule has 2 aromatic rings. The number of carbonyl (C=O) groups is 2. The Hall–Kier alpha value is -2.62. The van der Waals surface area contributed by atoms with Crippen LogP contribution in [0.5, 0.6) is 5.75 Å². The summed E-state index contributed by atoms with van der Waals surface area (Å²) in [4.78, 5) is 25.9. The zero-order valence-electron chi connectivity index (χ0n) is 18.7. The first kappa shape index (κ1) is 20.3. The first-order chi connectivity index (χ1) is 14.9. The van der Waals surface area contributed by atoms with Crippen LogP contribution in [-0.4, -0.2) is 18.8 Å². The summed E-state index contributed by atoms with van der Waals surface area (Å²) in [5, 5.41) is 3.08. The molecular formula is C27H31NO3. The van der Waals surface area contributed by atoms with Gasteiger partial charge < -0.3 is 10.1 Å². The highest BCUT2D eigenvalue weighted by molar-refractivity contribution is 6.03. The van der Waals surface area contributed by atoms with Crippen molar-refractivity contribution >= 4 is 17.4 Å². The Morgan fingerprint density at radius 2 is 1.87 bits per heavy atom. The van der Waals surface area contributed by atoms with E-state index in [2.05, 4.69) is 18.3 Å². The van der Waals surface area contributed by atoms with E-state index in [1.807, 2.05) is 37.3 Å². The maximum atomic E-state index is 13.0. The number of Topliss-reactive ketones (excluding diaryl/α,β-unsaturated/α-hetero) is 1. The lowest BCUT2D eigenvalue weighted by Crippen LogP contribution is -2.29. The average Bonchev–Trinajstić information content (AvgIpc) is 3.34. The van der Waals surface area contributed by atoms with Gasteiger partial charge in [0.1, 0.15) is 5.75 Å². The van der Waals surface area contributed by atoms with Gasteiger partial charge in [0, 0.05) is 29.2 Å². The molecule has 4 nitrogen and oxygen atoms in total. The fourth-order valence-corrected chi connectivity index (χ4v) is 6.16. The molecule has 0 saturated heterocycles. The van der Waals surface area contributed by atoms with Crippen molar-refractivity contribution in [3.63, 3.8) is 0 Å². The van der Waals surface area contributed by atoms with Crippen molar-refractivity contribution in [3.8, 4) is 5.75 Å². The van der Waals surface area contributed by atoms with Crippen LogP contribution in [0, 0.1) is 37.0 Å². The van der Waals surface area contributed by atoms with Crippen LogP contribution in [0.2, 0.25) is 0 Å². The number of ketones is 1. The molecule has 3 aliphatic rings. The number of methoxy groups -OCH3 is 1. The Morgan fingerprint density at radius 3 is 2.58 bits per heavy atom. The predicted octanol–water partition coefficient (Wildman–Crippen LogP) is 5.50. The largest absolute Gasteiger partial charge is 0.496 e. The Morgan fingerprint density at radius 1 is 1.10 bits per heavy atom. The third kappa shape index (κ3) is 3.46. The molecule has 162 valence electrons. The molecule has 1 spiro atoms. The molecule has 2 fully saturated rings. The lowest BCUT2D eigenvalue weighted by Gasteiger charge is -2.29. The Bertz CT molecular complexity index is 1050. The van der Waals surface area contributed by atoms with Crippen LogP contribution in [0.15, 0.2) is 36.4 Å².